The van der Waals surface area contributed by atoms with Gasteiger partial charge in [-0.05, 0) is 51.7 Å². The largest absolute Gasteiger partial charge is 0.329 e. The monoisotopic (exact) mass is 239 g/mol. The van der Waals surface area contributed by atoms with Gasteiger partial charge < -0.3 is 16.0 Å². The van der Waals surface area contributed by atoms with Crippen molar-refractivity contribution in [3.05, 3.63) is 0 Å². The van der Waals surface area contributed by atoms with Gasteiger partial charge in [0.15, 0.2) is 0 Å². The smallest absolute Gasteiger partial charge is 0.0319 e. The quantitative estimate of drug-likeness (QED) is 0.785. The summed E-state index contributed by atoms with van der Waals surface area (Å²) >= 11 is 0. The third-order valence-corrected chi connectivity index (χ3v) is 4.74. The second kappa shape index (κ2) is 6.17. The second-order valence-corrected chi connectivity index (χ2v) is 5.90. The second-order valence-electron chi connectivity index (χ2n) is 5.90. The van der Waals surface area contributed by atoms with Crippen molar-refractivity contribution < 1.29 is 0 Å². The lowest BCUT2D eigenvalue weighted by Gasteiger charge is -2.36. The Morgan fingerprint density at radius 3 is 2.59 bits per heavy atom. The minimum atomic E-state index is 0.235. The molecule has 1 aliphatic heterocycles. The van der Waals surface area contributed by atoms with Crippen LogP contribution in [-0.2, 0) is 0 Å². The van der Waals surface area contributed by atoms with Crippen molar-refractivity contribution in [3.8, 4) is 0 Å². The summed E-state index contributed by atoms with van der Waals surface area (Å²) in [7, 11) is 0. The van der Waals surface area contributed by atoms with Crippen LogP contribution in [0, 0.1) is 0 Å². The molecule has 1 heterocycles. The number of hydrogen-bond donors (Lipinski definition) is 2. The summed E-state index contributed by atoms with van der Waals surface area (Å²) in [4.78, 5) is 2.56. The fourth-order valence-electron chi connectivity index (χ4n) is 3.48. The van der Waals surface area contributed by atoms with Crippen LogP contribution in [0.4, 0.5) is 0 Å². The zero-order valence-corrected chi connectivity index (χ0v) is 11.4. The number of nitrogens with one attached hydrogen (secondary N) is 1. The lowest BCUT2D eigenvalue weighted by atomic mass is 9.89. The van der Waals surface area contributed by atoms with Gasteiger partial charge in [-0.1, -0.05) is 19.8 Å². The highest BCUT2D eigenvalue weighted by atomic mass is 15.1. The van der Waals surface area contributed by atoms with E-state index in [9.17, 15) is 0 Å². The molecule has 2 rings (SSSR count). The minimum Gasteiger partial charge on any atom is -0.329 e. The lowest BCUT2D eigenvalue weighted by Crippen LogP contribution is -2.55. The van der Waals surface area contributed by atoms with Crippen LogP contribution >= 0.6 is 0 Å². The molecule has 1 aliphatic carbocycles. The van der Waals surface area contributed by atoms with Gasteiger partial charge in [0.2, 0.25) is 0 Å². The van der Waals surface area contributed by atoms with Crippen molar-refractivity contribution in [2.24, 2.45) is 5.73 Å². The maximum Gasteiger partial charge on any atom is 0.0319 e. The minimum absolute atomic E-state index is 0.235. The van der Waals surface area contributed by atoms with Crippen molar-refractivity contribution in [2.75, 3.05) is 26.2 Å². The molecule has 100 valence electrons. The summed E-state index contributed by atoms with van der Waals surface area (Å²) in [5.41, 5.74) is 6.33. The summed E-state index contributed by atoms with van der Waals surface area (Å²) in [6.45, 7) is 6.73. The van der Waals surface area contributed by atoms with E-state index >= 15 is 0 Å². The van der Waals surface area contributed by atoms with E-state index in [0.29, 0.717) is 0 Å². The number of nitrogens with two attached hydrogens (primary N) is 1. The van der Waals surface area contributed by atoms with E-state index in [0.717, 1.165) is 12.6 Å². The first-order chi connectivity index (χ1) is 8.28. The first-order valence-electron chi connectivity index (χ1n) is 7.48. The first kappa shape index (κ1) is 13.3. The van der Waals surface area contributed by atoms with Crippen LogP contribution in [0.1, 0.15) is 51.9 Å². The molecule has 1 saturated carbocycles. The summed E-state index contributed by atoms with van der Waals surface area (Å²) in [6.07, 6.45) is 9.31. The Hall–Kier alpha value is -0.120. The molecule has 0 radical (unpaired) electrons. The number of nitrogens with zero attached hydrogens (tertiary/aromatic N) is 1. The maximum atomic E-state index is 6.09. The number of likely N-dealkylation sites (tertiary alicyclic amines) is 1. The fraction of sp³-hybridized carbons (Fsp3) is 1.00. The van der Waals surface area contributed by atoms with Gasteiger partial charge in [0.1, 0.15) is 0 Å². The zero-order chi connectivity index (χ0) is 12.1. The van der Waals surface area contributed by atoms with Gasteiger partial charge in [0.25, 0.3) is 0 Å². The van der Waals surface area contributed by atoms with Crippen LogP contribution in [0.5, 0.6) is 0 Å². The average molecular weight is 239 g/mol. The molecule has 0 bridgehead atoms. The van der Waals surface area contributed by atoms with Gasteiger partial charge in [0, 0.05) is 18.1 Å². The van der Waals surface area contributed by atoms with Gasteiger partial charge in [-0.3, -0.25) is 0 Å². The number of hydrogen-bond acceptors (Lipinski definition) is 3. The number of rotatable bonds is 4. The molecular weight excluding hydrogens is 210 g/mol. The van der Waals surface area contributed by atoms with Gasteiger partial charge in [-0.15, -0.1) is 0 Å². The standard InChI is InChI=1S/C14H29N3/c1-2-17-10-5-8-14(12-15,9-11-17)16-13-6-3-4-7-13/h13,16H,2-12,15H2,1H3. The van der Waals surface area contributed by atoms with Crippen LogP contribution < -0.4 is 11.1 Å². The molecule has 0 aromatic carbocycles. The van der Waals surface area contributed by atoms with Crippen molar-refractivity contribution in [1.82, 2.24) is 10.2 Å². The fourth-order valence-corrected chi connectivity index (χ4v) is 3.48. The van der Waals surface area contributed by atoms with Crippen LogP contribution in [0.2, 0.25) is 0 Å². The van der Waals surface area contributed by atoms with Gasteiger partial charge in [-0.25, -0.2) is 0 Å². The summed E-state index contributed by atoms with van der Waals surface area (Å²) in [5.74, 6) is 0. The molecule has 3 heteroatoms. The molecule has 2 fully saturated rings. The van der Waals surface area contributed by atoms with E-state index < -0.39 is 0 Å². The van der Waals surface area contributed by atoms with E-state index in [2.05, 4.69) is 17.1 Å². The van der Waals surface area contributed by atoms with Crippen molar-refractivity contribution in [2.45, 2.75) is 63.5 Å². The molecule has 0 aromatic rings. The van der Waals surface area contributed by atoms with E-state index in [4.69, 9.17) is 5.73 Å². The van der Waals surface area contributed by atoms with Crippen LogP contribution in [-0.4, -0.2) is 42.7 Å². The Morgan fingerprint density at radius 2 is 1.94 bits per heavy atom. The Kier molecular flexibility index (Phi) is 4.83. The molecule has 0 spiro atoms. The van der Waals surface area contributed by atoms with Crippen LogP contribution in [0.3, 0.4) is 0 Å². The Labute approximate surface area is 106 Å². The SMILES string of the molecule is CCN1CCCC(CN)(NC2CCCC2)CC1. The predicted octanol–water partition coefficient (Wildman–Crippen LogP) is 1.72. The Bertz CT molecular complexity index is 226. The molecule has 3 nitrogen and oxygen atoms in total. The third kappa shape index (κ3) is 3.43. The van der Waals surface area contributed by atoms with Crippen molar-refractivity contribution in [3.63, 3.8) is 0 Å². The van der Waals surface area contributed by atoms with Crippen molar-refractivity contribution >= 4 is 0 Å². The van der Waals surface area contributed by atoms with Crippen LogP contribution in [0.15, 0.2) is 0 Å². The molecule has 3 N–H and O–H groups in total. The summed E-state index contributed by atoms with van der Waals surface area (Å²) in [6, 6.07) is 0.742. The molecule has 1 atom stereocenters. The van der Waals surface area contributed by atoms with E-state index in [-0.39, 0.29) is 5.54 Å². The van der Waals surface area contributed by atoms with E-state index in [1.54, 1.807) is 0 Å². The van der Waals surface area contributed by atoms with Crippen molar-refractivity contribution in [1.29, 1.82) is 0 Å². The maximum absolute atomic E-state index is 6.09. The molecular formula is C14H29N3. The zero-order valence-electron chi connectivity index (χ0n) is 11.4. The molecule has 1 saturated heterocycles. The van der Waals surface area contributed by atoms with Gasteiger partial charge in [-0.2, -0.15) is 0 Å². The molecule has 17 heavy (non-hydrogen) atoms. The Morgan fingerprint density at radius 1 is 1.18 bits per heavy atom. The van der Waals surface area contributed by atoms with Gasteiger partial charge in [0.05, 0.1) is 0 Å². The molecule has 0 amide bonds. The summed E-state index contributed by atoms with van der Waals surface area (Å²) in [5, 5.41) is 3.91. The normalized spacial score (nSPS) is 32.8. The first-order valence-corrected chi connectivity index (χ1v) is 7.48. The Balaban J connectivity index is 1.92. The lowest BCUT2D eigenvalue weighted by molar-refractivity contribution is 0.245. The summed E-state index contributed by atoms with van der Waals surface area (Å²) < 4.78 is 0. The highest BCUT2D eigenvalue weighted by molar-refractivity contribution is 4.95. The highest BCUT2D eigenvalue weighted by Gasteiger charge is 2.33. The van der Waals surface area contributed by atoms with E-state index in [1.165, 1.54) is 64.6 Å². The van der Waals surface area contributed by atoms with Gasteiger partial charge >= 0.3 is 0 Å². The third-order valence-electron chi connectivity index (χ3n) is 4.74. The topological polar surface area (TPSA) is 41.3 Å². The van der Waals surface area contributed by atoms with Crippen LogP contribution in [0.25, 0.3) is 0 Å². The highest BCUT2D eigenvalue weighted by Crippen LogP contribution is 2.26. The molecule has 0 aromatic heterocycles. The molecule has 2 aliphatic rings. The molecule has 1 unspecified atom stereocenters. The average Bonchev–Trinajstić information content (AvgIpc) is 2.76. The van der Waals surface area contributed by atoms with E-state index in [1.807, 2.05) is 0 Å². The predicted molar refractivity (Wildman–Crippen MR) is 73.1 cm³/mol.